The van der Waals surface area contributed by atoms with E-state index in [1.165, 1.54) is 38.5 Å². The van der Waals surface area contributed by atoms with E-state index in [0.29, 0.717) is 0 Å². The molecule has 0 bridgehead atoms. The maximum atomic E-state index is 4.04. The largest absolute Gasteiger partial charge is 0.316 e. The lowest BCUT2D eigenvalue weighted by atomic mass is 9.82. The lowest BCUT2D eigenvalue weighted by Crippen LogP contribution is -2.32. The highest BCUT2D eigenvalue weighted by Crippen LogP contribution is 2.33. The van der Waals surface area contributed by atoms with Gasteiger partial charge in [0.05, 0.1) is 0 Å². The van der Waals surface area contributed by atoms with Crippen molar-refractivity contribution in [3.05, 3.63) is 12.7 Å². The van der Waals surface area contributed by atoms with Crippen molar-refractivity contribution in [3.63, 3.8) is 0 Å². The first kappa shape index (κ1) is 14.8. The highest BCUT2D eigenvalue weighted by molar-refractivity contribution is 4.93. The second-order valence-electron chi connectivity index (χ2n) is 6.57. The van der Waals surface area contributed by atoms with Crippen LogP contribution in [-0.4, -0.2) is 13.1 Å². The number of nitrogens with one attached hydrogen (secondary N) is 1. The molecule has 0 heterocycles. The molecule has 0 aromatic heterocycles. The van der Waals surface area contributed by atoms with Crippen molar-refractivity contribution in [2.45, 2.75) is 59.3 Å². The van der Waals surface area contributed by atoms with E-state index in [-0.39, 0.29) is 5.41 Å². The van der Waals surface area contributed by atoms with Crippen molar-refractivity contribution in [1.29, 1.82) is 0 Å². The third-order valence-corrected chi connectivity index (χ3v) is 4.17. The molecule has 1 heteroatoms. The monoisotopic (exact) mass is 237 g/mol. The lowest BCUT2D eigenvalue weighted by Gasteiger charge is -2.28. The van der Waals surface area contributed by atoms with Gasteiger partial charge in [-0.15, -0.1) is 6.58 Å². The van der Waals surface area contributed by atoms with E-state index < -0.39 is 0 Å². The fourth-order valence-corrected chi connectivity index (χ4v) is 2.74. The summed E-state index contributed by atoms with van der Waals surface area (Å²) in [4.78, 5) is 0. The Bertz CT molecular complexity index is 216. The summed E-state index contributed by atoms with van der Waals surface area (Å²) < 4.78 is 0. The minimum absolute atomic E-state index is 0.289. The topological polar surface area (TPSA) is 12.0 Å². The molecule has 1 unspecified atom stereocenters. The molecule has 0 aromatic carbocycles. The van der Waals surface area contributed by atoms with Crippen LogP contribution in [0.2, 0.25) is 0 Å². The molecule has 0 radical (unpaired) electrons. The highest BCUT2D eigenvalue weighted by atomic mass is 14.9. The van der Waals surface area contributed by atoms with Gasteiger partial charge in [-0.05, 0) is 36.6 Å². The molecule has 0 saturated heterocycles. The molecule has 0 aliphatic heterocycles. The molecule has 1 atom stereocenters. The molecule has 17 heavy (non-hydrogen) atoms. The van der Waals surface area contributed by atoms with Crippen LogP contribution in [-0.2, 0) is 0 Å². The Kier molecular flexibility index (Phi) is 6.26. The zero-order chi connectivity index (χ0) is 12.7. The average molecular weight is 237 g/mol. The Balaban J connectivity index is 2.25. The minimum atomic E-state index is 0.289. The molecule has 0 spiro atoms. The predicted molar refractivity (Wildman–Crippen MR) is 77.2 cm³/mol. The van der Waals surface area contributed by atoms with E-state index in [2.05, 4.69) is 38.7 Å². The first-order valence-electron chi connectivity index (χ1n) is 7.40. The lowest BCUT2D eigenvalue weighted by molar-refractivity contribution is 0.314. The molecule has 1 N–H and O–H groups in total. The van der Waals surface area contributed by atoms with Gasteiger partial charge < -0.3 is 5.32 Å². The van der Waals surface area contributed by atoms with Crippen LogP contribution in [0.25, 0.3) is 0 Å². The summed E-state index contributed by atoms with van der Waals surface area (Å²) in [5, 5.41) is 3.58. The third kappa shape index (κ3) is 5.72. The molecule has 1 aliphatic carbocycles. The summed E-state index contributed by atoms with van der Waals surface area (Å²) in [7, 11) is 0. The van der Waals surface area contributed by atoms with E-state index >= 15 is 0 Å². The Hall–Kier alpha value is -0.300. The zero-order valence-corrected chi connectivity index (χ0v) is 12.1. The summed E-state index contributed by atoms with van der Waals surface area (Å²) in [5.74, 6) is 1.73. The highest BCUT2D eigenvalue weighted by Gasteiger charge is 2.23. The minimum Gasteiger partial charge on any atom is -0.316 e. The molecular formula is C16H31N. The van der Waals surface area contributed by atoms with Gasteiger partial charge in [0.2, 0.25) is 0 Å². The van der Waals surface area contributed by atoms with Crippen LogP contribution in [0, 0.1) is 17.3 Å². The standard InChI is InChI=1S/C16H31N/c1-5-16(4,13-17-12-14(2)3)11-10-15-8-6-7-9-15/h5,14-15,17H,1,6-13H2,2-4H3. The maximum absolute atomic E-state index is 4.04. The molecule has 1 fully saturated rings. The summed E-state index contributed by atoms with van der Waals surface area (Å²) in [5.41, 5.74) is 0.289. The Morgan fingerprint density at radius 2 is 2.00 bits per heavy atom. The molecule has 1 aliphatic rings. The molecule has 0 amide bonds. The van der Waals surface area contributed by atoms with Crippen molar-refractivity contribution in [1.82, 2.24) is 5.32 Å². The van der Waals surface area contributed by atoms with E-state index in [1.807, 2.05) is 0 Å². The number of hydrogen-bond donors (Lipinski definition) is 1. The van der Waals surface area contributed by atoms with Gasteiger partial charge in [-0.1, -0.05) is 52.5 Å². The van der Waals surface area contributed by atoms with Gasteiger partial charge in [0.15, 0.2) is 0 Å². The Morgan fingerprint density at radius 3 is 2.53 bits per heavy atom. The first-order chi connectivity index (χ1) is 8.06. The van der Waals surface area contributed by atoms with Gasteiger partial charge in [-0.25, -0.2) is 0 Å². The predicted octanol–water partition coefficient (Wildman–Crippen LogP) is 4.39. The Morgan fingerprint density at radius 1 is 1.35 bits per heavy atom. The van der Waals surface area contributed by atoms with Crippen LogP contribution in [0.1, 0.15) is 59.3 Å². The second-order valence-corrected chi connectivity index (χ2v) is 6.57. The summed E-state index contributed by atoms with van der Waals surface area (Å²) in [6.45, 7) is 13.1. The Labute approximate surface area is 108 Å². The van der Waals surface area contributed by atoms with E-state index in [1.54, 1.807) is 0 Å². The fraction of sp³-hybridized carbons (Fsp3) is 0.875. The summed E-state index contributed by atoms with van der Waals surface area (Å²) in [6, 6.07) is 0. The normalized spacial score (nSPS) is 20.7. The van der Waals surface area contributed by atoms with Crippen LogP contribution in [0.4, 0.5) is 0 Å². The van der Waals surface area contributed by atoms with Crippen LogP contribution in [0.15, 0.2) is 12.7 Å². The quantitative estimate of drug-likeness (QED) is 0.617. The van der Waals surface area contributed by atoms with Gasteiger partial charge in [-0.2, -0.15) is 0 Å². The van der Waals surface area contributed by atoms with E-state index in [4.69, 9.17) is 0 Å². The number of rotatable bonds is 8. The molecule has 1 saturated carbocycles. The van der Waals surface area contributed by atoms with Crippen molar-refractivity contribution in [2.24, 2.45) is 17.3 Å². The van der Waals surface area contributed by atoms with Crippen molar-refractivity contribution >= 4 is 0 Å². The zero-order valence-electron chi connectivity index (χ0n) is 12.1. The first-order valence-corrected chi connectivity index (χ1v) is 7.40. The van der Waals surface area contributed by atoms with Gasteiger partial charge in [-0.3, -0.25) is 0 Å². The van der Waals surface area contributed by atoms with E-state index in [0.717, 1.165) is 24.9 Å². The smallest absolute Gasteiger partial charge is 0.00399 e. The van der Waals surface area contributed by atoms with Crippen molar-refractivity contribution < 1.29 is 0 Å². The molecule has 1 rings (SSSR count). The third-order valence-electron chi connectivity index (χ3n) is 4.17. The van der Waals surface area contributed by atoms with Gasteiger partial charge >= 0.3 is 0 Å². The maximum Gasteiger partial charge on any atom is 0.00399 e. The van der Waals surface area contributed by atoms with Crippen molar-refractivity contribution in [2.75, 3.05) is 13.1 Å². The van der Waals surface area contributed by atoms with Crippen molar-refractivity contribution in [3.8, 4) is 0 Å². The van der Waals surface area contributed by atoms with Gasteiger partial charge in [0.25, 0.3) is 0 Å². The summed E-state index contributed by atoms with van der Waals surface area (Å²) in [6.07, 6.45) is 10.7. The summed E-state index contributed by atoms with van der Waals surface area (Å²) >= 11 is 0. The van der Waals surface area contributed by atoms with Crippen LogP contribution in [0.5, 0.6) is 0 Å². The average Bonchev–Trinajstić information content (AvgIpc) is 2.79. The molecular weight excluding hydrogens is 206 g/mol. The van der Waals surface area contributed by atoms with E-state index in [9.17, 15) is 0 Å². The fourth-order valence-electron chi connectivity index (χ4n) is 2.74. The van der Waals surface area contributed by atoms with Crippen LogP contribution in [0.3, 0.4) is 0 Å². The molecule has 1 nitrogen and oxygen atoms in total. The number of hydrogen-bond acceptors (Lipinski definition) is 1. The van der Waals surface area contributed by atoms with Gasteiger partial charge in [0.1, 0.15) is 0 Å². The second kappa shape index (κ2) is 7.20. The van der Waals surface area contributed by atoms with Gasteiger partial charge in [0, 0.05) is 6.54 Å². The molecule has 100 valence electrons. The van der Waals surface area contributed by atoms with Crippen LogP contribution >= 0.6 is 0 Å². The molecule has 0 aromatic rings. The van der Waals surface area contributed by atoms with Crippen LogP contribution < -0.4 is 5.32 Å². The SMILES string of the molecule is C=CC(C)(CCC1CCCC1)CNCC(C)C.